The second-order valence-electron chi connectivity index (χ2n) is 3.78. The summed E-state index contributed by atoms with van der Waals surface area (Å²) in [5.74, 6) is 0. The first kappa shape index (κ1) is 13.9. The van der Waals surface area contributed by atoms with Gasteiger partial charge in [-0.3, -0.25) is 4.99 Å². The third-order valence-corrected chi connectivity index (χ3v) is 2.48. The summed E-state index contributed by atoms with van der Waals surface area (Å²) in [7, 11) is 0. The van der Waals surface area contributed by atoms with E-state index in [2.05, 4.69) is 44.8 Å². The molecule has 0 bridgehead atoms. The molecule has 0 aliphatic rings. The van der Waals surface area contributed by atoms with Crippen molar-refractivity contribution in [2.75, 3.05) is 6.54 Å². The fourth-order valence-corrected chi connectivity index (χ4v) is 1.29. The Hall–Kier alpha value is -1.11. The number of benzene rings is 1. The van der Waals surface area contributed by atoms with Gasteiger partial charge in [0, 0.05) is 6.54 Å². The van der Waals surface area contributed by atoms with Crippen LogP contribution in [-0.4, -0.2) is 12.8 Å². The first-order chi connectivity index (χ1) is 7.02. The Kier molecular flexibility index (Phi) is 6.68. The van der Waals surface area contributed by atoms with E-state index in [-0.39, 0.29) is 0 Å². The lowest BCUT2D eigenvalue weighted by Crippen LogP contribution is -1.86. The number of aryl methyl sites for hydroxylation is 4. The molecule has 0 heterocycles. The molecule has 15 heavy (non-hydrogen) atoms. The minimum atomic E-state index is 0.913. The monoisotopic (exact) mass is 205 g/mol. The molecule has 0 fully saturated rings. The second kappa shape index (κ2) is 7.22. The molecule has 0 radical (unpaired) electrons. The summed E-state index contributed by atoms with van der Waals surface area (Å²) in [5, 5.41) is 0. The van der Waals surface area contributed by atoms with Crippen molar-refractivity contribution in [2.45, 2.75) is 41.5 Å². The van der Waals surface area contributed by atoms with Gasteiger partial charge in [0.2, 0.25) is 0 Å². The van der Waals surface area contributed by atoms with Crippen molar-refractivity contribution in [3.63, 3.8) is 0 Å². The molecule has 0 atom stereocenters. The van der Waals surface area contributed by atoms with E-state index in [1.165, 1.54) is 22.3 Å². The van der Waals surface area contributed by atoms with Crippen molar-refractivity contribution in [3.05, 3.63) is 34.4 Å². The third-order valence-electron chi connectivity index (χ3n) is 2.48. The van der Waals surface area contributed by atoms with Crippen LogP contribution in [0.2, 0.25) is 0 Å². The molecule has 1 aromatic carbocycles. The average molecular weight is 205 g/mol. The van der Waals surface area contributed by atoms with Crippen LogP contribution in [-0.2, 0) is 0 Å². The number of rotatable bonds is 1. The van der Waals surface area contributed by atoms with E-state index in [0.717, 1.165) is 6.54 Å². The highest BCUT2D eigenvalue weighted by molar-refractivity contribution is 5.52. The van der Waals surface area contributed by atoms with Gasteiger partial charge in [-0.2, -0.15) is 0 Å². The van der Waals surface area contributed by atoms with Gasteiger partial charge in [0.05, 0.1) is 0 Å². The smallest absolute Gasteiger partial charge is 0.0356 e. The zero-order chi connectivity index (χ0) is 11.8. The normalized spacial score (nSPS) is 10.0. The predicted octanol–water partition coefficient (Wildman–Crippen LogP) is 4.02. The number of nitrogens with zero attached hydrogens (tertiary/aromatic N) is 1. The van der Waals surface area contributed by atoms with E-state index >= 15 is 0 Å². The lowest BCUT2D eigenvalue weighted by Gasteiger charge is -2.04. The third kappa shape index (κ3) is 5.36. The van der Waals surface area contributed by atoms with E-state index in [1.54, 1.807) is 6.21 Å². The molecule has 84 valence electrons. The zero-order valence-corrected chi connectivity index (χ0v) is 10.9. The Morgan fingerprint density at radius 1 is 0.933 bits per heavy atom. The first-order valence-corrected chi connectivity index (χ1v) is 5.51. The molecule has 0 spiro atoms. The Morgan fingerprint density at radius 2 is 1.27 bits per heavy atom. The van der Waals surface area contributed by atoms with Gasteiger partial charge in [-0.25, -0.2) is 0 Å². The number of aliphatic imine (C=N–C) groups is 1. The highest BCUT2D eigenvalue weighted by atomic mass is 14.7. The second-order valence-corrected chi connectivity index (χ2v) is 3.78. The van der Waals surface area contributed by atoms with Crippen LogP contribution >= 0.6 is 0 Å². The van der Waals surface area contributed by atoms with Crippen molar-refractivity contribution < 1.29 is 0 Å². The maximum atomic E-state index is 3.85. The molecule has 1 aromatic rings. The molecule has 1 nitrogen and oxygen atoms in total. The quantitative estimate of drug-likeness (QED) is 0.614. The van der Waals surface area contributed by atoms with Gasteiger partial charge in [-0.15, -0.1) is 0 Å². The van der Waals surface area contributed by atoms with E-state index in [4.69, 9.17) is 0 Å². The van der Waals surface area contributed by atoms with Crippen molar-refractivity contribution in [2.24, 2.45) is 4.99 Å². The first-order valence-electron chi connectivity index (χ1n) is 5.51. The van der Waals surface area contributed by atoms with Crippen LogP contribution in [0.3, 0.4) is 0 Å². The molecule has 0 aliphatic heterocycles. The summed E-state index contributed by atoms with van der Waals surface area (Å²) in [6.45, 7) is 13.5. The summed E-state index contributed by atoms with van der Waals surface area (Å²) < 4.78 is 0. The lowest BCUT2D eigenvalue weighted by atomic mass is 10.0. The summed E-state index contributed by atoms with van der Waals surface area (Å²) in [4.78, 5) is 3.85. The average Bonchev–Trinajstić information content (AvgIpc) is 2.17. The van der Waals surface area contributed by atoms with Crippen molar-refractivity contribution >= 4 is 6.21 Å². The Bertz CT molecular complexity index is 274. The topological polar surface area (TPSA) is 12.4 Å². The van der Waals surface area contributed by atoms with Crippen LogP contribution in [0.1, 0.15) is 36.1 Å². The highest BCUT2D eigenvalue weighted by Crippen LogP contribution is 2.13. The van der Waals surface area contributed by atoms with Gasteiger partial charge in [0.25, 0.3) is 0 Å². The number of hydrogen-bond donors (Lipinski definition) is 0. The van der Waals surface area contributed by atoms with Gasteiger partial charge >= 0.3 is 0 Å². The largest absolute Gasteiger partial charge is 0.298 e. The highest BCUT2D eigenvalue weighted by Gasteiger charge is 1.95. The van der Waals surface area contributed by atoms with Crippen LogP contribution in [0.5, 0.6) is 0 Å². The summed E-state index contributed by atoms with van der Waals surface area (Å²) >= 11 is 0. The van der Waals surface area contributed by atoms with Gasteiger partial charge in [-0.05, 0) is 70.0 Å². The molecular formula is C14H23N. The summed E-state index contributed by atoms with van der Waals surface area (Å²) in [6, 6.07) is 4.48. The van der Waals surface area contributed by atoms with E-state index in [1.807, 2.05) is 13.8 Å². The van der Waals surface area contributed by atoms with Crippen LogP contribution < -0.4 is 0 Å². The van der Waals surface area contributed by atoms with E-state index in [0.29, 0.717) is 0 Å². The Balaban J connectivity index is 0.000000336. The van der Waals surface area contributed by atoms with Crippen LogP contribution in [0.25, 0.3) is 0 Å². The molecule has 0 aliphatic carbocycles. The van der Waals surface area contributed by atoms with Gasteiger partial charge in [-0.1, -0.05) is 12.1 Å². The molecule has 0 aromatic heterocycles. The van der Waals surface area contributed by atoms with E-state index < -0.39 is 0 Å². The Morgan fingerprint density at radius 3 is 1.40 bits per heavy atom. The molecule has 1 rings (SSSR count). The molecule has 0 saturated heterocycles. The standard InChI is InChI=1S/C10H14.C4H9N/c1-7-5-9(3)10(4)6-8(7)2;1-3-5-4-2/h5-6H,1-4H3;3H,4H2,1-2H3. The maximum Gasteiger partial charge on any atom is 0.0356 e. The van der Waals surface area contributed by atoms with Crippen molar-refractivity contribution in [1.82, 2.24) is 0 Å². The molecular weight excluding hydrogens is 182 g/mol. The predicted molar refractivity (Wildman–Crippen MR) is 70.1 cm³/mol. The van der Waals surface area contributed by atoms with Gasteiger partial charge < -0.3 is 0 Å². The molecule has 0 N–H and O–H groups in total. The lowest BCUT2D eigenvalue weighted by molar-refractivity contribution is 1.14. The zero-order valence-electron chi connectivity index (χ0n) is 10.9. The SMILES string of the molecule is CC=NCC.Cc1cc(C)c(C)cc1C. The molecule has 0 unspecified atom stereocenters. The minimum absolute atomic E-state index is 0.913. The number of hydrogen-bond acceptors (Lipinski definition) is 1. The van der Waals surface area contributed by atoms with Gasteiger partial charge in [0.15, 0.2) is 0 Å². The van der Waals surface area contributed by atoms with E-state index in [9.17, 15) is 0 Å². The van der Waals surface area contributed by atoms with Crippen molar-refractivity contribution in [1.29, 1.82) is 0 Å². The van der Waals surface area contributed by atoms with Gasteiger partial charge in [0.1, 0.15) is 0 Å². The maximum absolute atomic E-state index is 3.85. The van der Waals surface area contributed by atoms with Crippen LogP contribution in [0.4, 0.5) is 0 Å². The van der Waals surface area contributed by atoms with Crippen molar-refractivity contribution in [3.8, 4) is 0 Å². The fraction of sp³-hybridized carbons (Fsp3) is 0.500. The van der Waals surface area contributed by atoms with Crippen LogP contribution in [0, 0.1) is 27.7 Å². The molecule has 0 saturated carbocycles. The molecule has 1 heteroatoms. The minimum Gasteiger partial charge on any atom is -0.298 e. The van der Waals surface area contributed by atoms with Crippen LogP contribution in [0.15, 0.2) is 17.1 Å². The Labute approximate surface area is 94.3 Å². The fourth-order valence-electron chi connectivity index (χ4n) is 1.29. The summed E-state index contributed by atoms with van der Waals surface area (Å²) in [5.41, 5.74) is 5.57. The summed E-state index contributed by atoms with van der Waals surface area (Å²) in [6.07, 6.45) is 1.81. The molecule has 0 amide bonds.